The molecule has 1 heterocycles. The van der Waals surface area contributed by atoms with E-state index in [0.717, 1.165) is 0 Å². The number of carbonyl (C=O) groups excluding carboxylic acids is 2. The molecule has 0 fully saturated rings. The summed E-state index contributed by atoms with van der Waals surface area (Å²) < 4.78 is 4.43. The number of hydrogen-bond acceptors (Lipinski definition) is 4. The van der Waals surface area contributed by atoms with Crippen LogP contribution in [0.25, 0.3) is 0 Å². The van der Waals surface area contributed by atoms with Gasteiger partial charge in [-0.2, -0.15) is 0 Å². The number of fused-ring (bicyclic) bond motifs is 1. The minimum atomic E-state index is -0.612. The first-order valence-electron chi connectivity index (χ1n) is 3.80. The van der Waals surface area contributed by atoms with Crippen molar-refractivity contribution < 1.29 is 14.3 Å². The molecule has 0 aromatic heterocycles. The van der Waals surface area contributed by atoms with E-state index in [4.69, 9.17) is 5.73 Å². The molecule has 1 aromatic rings. The summed E-state index contributed by atoms with van der Waals surface area (Å²) >= 11 is 0. The molecule has 0 atom stereocenters. The quantitative estimate of drug-likeness (QED) is 0.356. The predicted molar refractivity (Wildman–Crippen MR) is 45.0 cm³/mol. The second kappa shape index (κ2) is 2.58. The maximum Gasteiger partial charge on any atom is 0.346 e. The summed E-state index contributed by atoms with van der Waals surface area (Å²) in [7, 11) is 0. The summed E-state index contributed by atoms with van der Waals surface area (Å²) in [5.74, 6) is -1.12. The number of cyclic esters (lactones) is 2. The molecule has 13 heavy (non-hydrogen) atoms. The van der Waals surface area contributed by atoms with Gasteiger partial charge in [0.15, 0.2) is 0 Å². The van der Waals surface area contributed by atoms with Crippen molar-refractivity contribution in [2.24, 2.45) is 0 Å². The number of hydrogen-bond donors (Lipinski definition) is 1. The Morgan fingerprint density at radius 1 is 1.31 bits per heavy atom. The number of esters is 2. The average molecular weight is 177 g/mol. The summed E-state index contributed by atoms with van der Waals surface area (Å²) in [6.45, 7) is 0. The van der Waals surface area contributed by atoms with Gasteiger partial charge in [-0.3, -0.25) is 4.79 Å². The second-order valence-electron chi connectivity index (χ2n) is 2.85. The van der Waals surface area contributed by atoms with E-state index in [0.29, 0.717) is 16.8 Å². The number of benzene rings is 1. The fourth-order valence-corrected chi connectivity index (χ4v) is 1.29. The van der Waals surface area contributed by atoms with E-state index < -0.39 is 11.9 Å². The summed E-state index contributed by atoms with van der Waals surface area (Å²) in [4.78, 5) is 22.0. The van der Waals surface area contributed by atoms with Crippen LogP contribution in [0.3, 0.4) is 0 Å². The molecule has 1 aliphatic rings. The molecule has 0 aliphatic carbocycles. The van der Waals surface area contributed by atoms with Crippen molar-refractivity contribution in [2.75, 3.05) is 5.73 Å². The number of rotatable bonds is 0. The lowest BCUT2D eigenvalue weighted by atomic mass is 10.0. The minimum Gasteiger partial charge on any atom is -0.399 e. The molecular weight excluding hydrogens is 170 g/mol. The first kappa shape index (κ1) is 7.79. The standard InChI is InChI=1S/C9H7NO3/c10-6-2-1-5-3-8(11)13-9(12)7(5)4-6/h1-2,4H,3,10H2. The van der Waals surface area contributed by atoms with Crippen LogP contribution in [-0.2, 0) is 16.0 Å². The third-order valence-corrected chi connectivity index (χ3v) is 1.90. The lowest BCUT2D eigenvalue weighted by Crippen LogP contribution is -2.22. The van der Waals surface area contributed by atoms with Crippen LogP contribution in [0.2, 0.25) is 0 Å². The molecule has 0 unspecified atom stereocenters. The highest BCUT2D eigenvalue weighted by molar-refractivity contribution is 6.02. The number of anilines is 1. The molecule has 1 aromatic carbocycles. The fraction of sp³-hybridized carbons (Fsp3) is 0.111. The summed E-state index contributed by atoms with van der Waals surface area (Å²) in [5.41, 5.74) is 7.04. The highest BCUT2D eigenvalue weighted by Crippen LogP contribution is 2.19. The lowest BCUT2D eigenvalue weighted by molar-refractivity contribution is -0.137. The Labute approximate surface area is 74.3 Å². The molecule has 66 valence electrons. The smallest absolute Gasteiger partial charge is 0.346 e. The van der Waals surface area contributed by atoms with Crippen molar-refractivity contribution in [1.82, 2.24) is 0 Å². The molecule has 4 nitrogen and oxygen atoms in total. The Morgan fingerprint density at radius 2 is 2.08 bits per heavy atom. The van der Waals surface area contributed by atoms with E-state index >= 15 is 0 Å². The topological polar surface area (TPSA) is 69.4 Å². The van der Waals surface area contributed by atoms with Crippen LogP contribution < -0.4 is 5.73 Å². The number of ether oxygens (including phenoxy) is 1. The molecule has 0 saturated carbocycles. The highest BCUT2D eigenvalue weighted by atomic mass is 16.6. The van der Waals surface area contributed by atoms with Crippen molar-refractivity contribution in [3.8, 4) is 0 Å². The van der Waals surface area contributed by atoms with Crippen LogP contribution in [0.15, 0.2) is 18.2 Å². The highest BCUT2D eigenvalue weighted by Gasteiger charge is 2.24. The SMILES string of the molecule is Nc1ccc2c(c1)C(=O)OC(=O)C2. The van der Waals surface area contributed by atoms with Gasteiger partial charge in [0.2, 0.25) is 0 Å². The molecule has 2 N–H and O–H groups in total. The second-order valence-corrected chi connectivity index (χ2v) is 2.85. The lowest BCUT2D eigenvalue weighted by Gasteiger charge is -2.13. The number of nitrogen functional groups attached to an aromatic ring is 1. The van der Waals surface area contributed by atoms with Crippen molar-refractivity contribution in [3.63, 3.8) is 0 Å². The summed E-state index contributed by atoms with van der Waals surface area (Å²) in [6.07, 6.45) is 0.140. The zero-order valence-electron chi connectivity index (χ0n) is 6.74. The average Bonchev–Trinajstić information content (AvgIpc) is 2.06. The normalized spacial score (nSPS) is 15.1. The van der Waals surface area contributed by atoms with E-state index in [1.807, 2.05) is 0 Å². The Kier molecular flexibility index (Phi) is 1.55. The first-order valence-corrected chi connectivity index (χ1v) is 3.80. The van der Waals surface area contributed by atoms with Gasteiger partial charge >= 0.3 is 11.9 Å². The molecule has 0 amide bonds. The number of carbonyl (C=O) groups is 2. The van der Waals surface area contributed by atoms with E-state index in [-0.39, 0.29) is 6.42 Å². The monoisotopic (exact) mass is 177 g/mol. The number of nitrogens with two attached hydrogens (primary N) is 1. The largest absolute Gasteiger partial charge is 0.399 e. The van der Waals surface area contributed by atoms with Gasteiger partial charge in [0.25, 0.3) is 0 Å². The molecule has 0 bridgehead atoms. The fourth-order valence-electron chi connectivity index (χ4n) is 1.29. The van der Waals surface area contributed by atoms with Gasteiger partial charge in [-0.25, -0.2) is 4.79 Å². The molecule has 0 radical (unpaired) electrons. The van der Waals surface area contributed by atoms with Crippen LogP contribution >= 0.6 is 0 Å². The van der Waals surface area contributed by atoms with Gasteiger partial charge < -0.3 is 10.5 Å². The van der Waals surface area contributed by atoms with Gasteiger partial charge in [0.05, 0.1) is 12.0 Å². The summed E-state index contributed by atoms with van der Waals surface area (Å²) in [6, 6.07) is 4.85. The molecule has 4 heteroatoms. The Morgan fingerprint density at radius 3 is 2.85 bits per heavy atom. The van der Waals surface area contributed by atoms with E-state index in [2.05, 4.69) is 4.74 Å². The van der Waals surface area contributed by atoms with E-state index in [1.165, 1.54) is 6.07 Å². The van der Waals surface area contributed by atoms with Crippen LogP contribution in [0.5, 0.6) is 0 Å². The minimum absolute atomic E-state index is 0.140. The first-order chi connectivity index (χ1) is 6.16. The maximum absolute atomic E-state index is 11.1. The van der Waals surface area contributed by atoms with Crippen LogP contribution in [-0.4, -0.2) is 11.9 Å². The summed E-state index contributed by atoms with van der Waals surface area (Å²) in [5, 5.41) is 0. The third-order valence-electron chi connectivity index (χ3n) is 1.90. The van der Waals surface area contributed by atoms with Crippen molar-refractivity contribution in [1.29, 1.82) is 0 Å². The van der Waals surface area contributed by atoms with Crippen LogP contribution in [0.4, 0.5) is 5.69 Å². The van der Waals surface area contributed by atoms with E-state index in [1.54, 1.807) is 12.1 Å². The van der Waals surface area contributed by atoms with Crippen LogP contribution in [0.1, 0.15) is 15.9 Å². The Hall–Kier alpha value is -1.84. The third kappa shape index (κ3) is 1.26. The molecule has 0 spiro atoms. The Balaban J connectivity index is 2.55. The predicted octanol–water partition coefficient (Wildman–Crippen LogP) is 0.508. The molecule has 2 rings (SSSR count). The van der Waals surface area contributed by atoms with Gasteiger partial charge in [-0.15, -0.1) is 0 Å². The zero-order chi connectivity index (χ0) is 9.42. The van der Waals surface area contributed by atoms with Gasteiger partial charge in [-0.1, -0.05) is 6.07 Å². The Bertz CT molecular complexity index is 398. The molecule has 0 saturated heterocycles. The van der Waals surface area contributed by atoms with Crippen molar-refractivity contribution >= 4 is 17.6 Å². The zero-order valence-corrected chi connectivity index (χ0v) is 6.74. The van der Waals surface area contributed by atoms with Crippen molar-refractivity contribution in [2.45, 2.75) is 6.42 Å². The van der Waals surface area contributed by atoms with Crippen LogP contribution in [0, 0.1) is 0 Å². The molecule has 1 aliphatic heterocycles. The van der Waals surface area contributed by atoms with Crippen molar-refractivity contribution in [3.05, 3.63) is 29.3 Å². The van der Waals surface area contributed by atoms with Gasteiger partial charge in [-0.05, 0) is 17.7 Å². The van der Waals surface area contributed by atoms with E-state index in [9.17, 15) is 9.59 Å². The van der Waals surface area contributed by atoms with Gasteiger partial charge in [0, 0.05) is 5.69 Å². The van der Waals surface area contributed by atoms with Gasteiger partial charge in [0.1, 0.15) is 0 Å². The molecular formula is C9H7NO3. The maximum atomic E-state index is 11.1.